The molecule has 0 spiro atoms. The molecule has 3 rings (SSSR count). The second-order valence-electron chi connectivity index (χ2n) is 6.78. The van der Waals surface area contributed by atoms with Gasteiger partial charge in [-0.3, -0.25) is 0 Å². The zero-order chi connectivity index (χ0) is 14.8. The number of hydrogen-bond acceptors (Lipinski definition) is 2. The first kappa shape index (κ1) is 14.9. The summed E-state index contributed by atoms with van der Waals surface area (Å²) in [5.41, 5.74) is 7.60. The minimum atomic E-state index is 0.632. The number of piperidine rings is 1. The molecule has 1 atom stereocenters. The molecule has 0 radical (unpaired) electrons. The molecule has 0 bridgehead atoms. The van der Waals surface area contributed by atoms with Crippen LogP contribution in [0.15, 0.2) is 0 Å². The Balaban J connectivity index is 1.99. The standard InChI is InChI=1S/C19H29NO/c1-13-16-9-4-5-10-17(16)14(2)19(21-3)18(13)12-15-8-6-7-11-20-15/h15,20H,4-12H2,1-3H3. The van der Waals surface area contributed by atoms with Gasteiger partial charge >= 0.3 is 0 Å². The molecule has 1 aliphatic heterocycles. The van der Waals surface area contributed by atoms with Crippen LogP contribution in [0.3, 0.4) is 0 Å². The van der Waals surface area contributed by atoms with Crippen molar-refractivity contribution in [2.24, 2.45) is 0 Å². The lowest BCUT2D eigenvalue weighted by Gasteiger charge is -2.29. The van der Waals surface area contributed by atoms with Crippen LogP contribution in [-0.4, -0.2) is 19.7 Å². The summed E-state index contributed by atoms with van der Waals surface area (Å²) < 4.78 is 5.84. The normalized spacial score (nSPS) is 22.0. The lowest BCUT2D eigenvalue weighted by molar-refractivity contribution is 0.378. The molecule has 2 aliphatic rings. The zero-order valence-electron chi connectivity index (χ0n) is 13.8. The van der Waals surface area contributed by atoms with Gasteiger partial charge in [0.2, 0.25) is 0 Å². The van der Waals surface area contributed by atoms with Gasteiger partial charge in [-0.05, 0) is 93.2 Å². The van der Waals surface area contributed by atoms with Crippen LogP contribution in [0.2, 0.25) is 0 Å². The quantitative estimate of drug-likeness (QED) is 0.911. The average molecular weight is 287 g/mol. The van der Waals surface area contributed by atoms with E-state index in [1.165, 1.54) is 73.9 Å². The number of ether oxygens (including phenoxy) is 1. The van der Waals surface area contributed by atoms with Gasteiger partial charge in [-0.1, -0.05) is 6.42 Å². The lowest BCUT2D eigenvalue weighted by atomic mass is 9.81. The Kier molecular flexibility index (Phi) is 4.54. The summed E-state index contributed by atoms with van der Waals surface area (Å²) in [6, 6.07) is 0.632. The second-order valence-corrected chi connectivity index (χ2v) is 6.78. The third-order valence-electron chi connectivity index (χ3n) is 5.51. The zero-order valence-corrected chi connectivity index (χ0v) is 13.8. The minimum Gasteiger partial charge on any atom is -0.496 e. The van der Waals surface area contributed by atoms with E-state index in [1.807, 2.05) is 7.11 Å². The van der Waals surface area contributed by atoms with E-state index in [9.17, 15) is 0 Å². The highest BCUT2D eigenvalue weighted by Crippen LogP contribution is 2.38. The Morgan fingerprint density at radius 2 is 1.71 bits per heavy atom. The smallest absolute Gasteiger partial charge is 0.125 e. The van der Waals surface area contributed by atoms with Crippen molar-refractivity contribution < 1.29 is 4.74 Å². The maximum absolute atomic E-state index is 5.84. The first-order chi connectivity index (χ1) is 10.2. The van der Waals surface area contributed by atoms with Gasteiger partial charge in [-0.2, -0.15) is 0 Å². The number of benzene rings is 1. The van der Waals surface area contributed by atoms with Crippen LogP contribution in [-0.2, 0) is 19.3 Å². The molecule has 1 unspecified atom stereocenters. The molecule has 1 N–H and O–H groups in total. The first-order valence-electron chi connectivity index (χ1n) is 8.63. The number of fused-ring (bicyclic) bond motifs is 1. The van der Waals surface area contributed by atoms with E-state index < -0.39 is 0 Å². The highest BCUT2D eigenvalue weighted by Gasteiger charge is 2.24. The minimum absolute atomic E-state index is 0.632. The monoisotopic (exact) mass is 287 g/mol. The van der Waals surface area contributed by atoms with E-state index in [4.69, 9.17) is 4.74 Å². The summed E-state index contributed by atoms with van der Waals surface area (Å²) in [6.45, 7) is 5.76. The molecule has 0 amide bonds. The molecule has 0 aromatic heterocycles. The topological polar surface area (TPSA) is 21.3 Å². The van der Waals surface area contributed by atoms with Crippen molar-refractivity contribution in [2.75, 3.05) is 13.7 Å². The summed E-state index contributed by atoms with van der Waals surface area (Å²) in [4.78, 5) is 0. The van der Waals surface area contributed by atoms with Gasteiger partial charge in [-0.25, -0.2) is 0 Å². The Bertz CT molecular complexity index is 515. The molecule has 1 aromatic rings. The fourth-order valence-electron chi connectivity index (χ4n) is 4.32. The highest BCUT2D eigenvalue weighted by molar-refractivity contribution is 5.56. The fraction of sp³-hybridized carbons (Fsp3) is 0.684. The summed E-state index contributed by atoms with van der Waals surface area (Å²) in [7, 11) is 1.84. The summed E-state index contributed by atoms with van der Waals surface area (Å²) >= 11 is 0. The van der Waals surface area contributed by atoms with Crippen LogP contribution >= 0.6 is 0 Å². The Morgan fingerprint density at radius 3 is 2.33 bits per heavy atom. The molecule has 2 nitrogen and oxygen atoms in total. The lowest BCUT2D eigenvalue weighted by Crippen LogP contribution is -2.36. The van der Waals surface area contributed by atoms with Crippen LogP contribution in [0.4, 0.5) is 0 Å². The summed E-state index contributed by atoms with van der Waals surface area (Å²) in [5.74, 6) is 1.17. The maximum Gasteiger partial charge on any atom is 0.125 e. The largest absolute Gasteiger partial charge is 0.496 e. The van der Waals surface area contributed by atoms with E-state index in [0.29, 0.717) is 6.04 Å². The molecular weight excluding hydrogens is 258 g/mol. The molecule has 2 heteroatoms. The predicted molar refractivity (Wildman–Crippen MR) is 88.5 cm³/mol. The number of hydrogen-bond donors (Lipinski definition) is 1. The van der Waals surface area contributed by atoms with Crippen LogP contribution in [0.5, 0.6) is 5.75 Å². The van der Waals surface area contributed by atoms with Crippen molar-refractivity contribution in [1.82, 2.24) is 5.32 Å². The molecule has 1 fully saturated rings. The molecule has 1 saturated heterocycles. The molecule has 0 saturated carbocycles. The Hall–Kier alpha value is -1.02. The van der Waals surface area contributed by atoms with Crippen molar-refractivity contribution in [3.63, 3.8) is 0 Å². The van der Waals surface area contributed by atoms with Gasteiger partial charge in [0.05, 0.1) is 7.11 Å². The number of rotatable bonds is 3. The summed E-state index contributed by atoms with van der Waals surface area (Å²) in [5, 5.41) is 3.69. The number of methoxy groups -OCH3 is 1. The van der Waals surface area contributed by atoms with Crippen molar-refractivity contribution in [1.29, 1.82) is 0 Å². The third-order valence-corrected chi connectivity index (χ3v) is 5.51. The van der Waals surface area contributed by atoms with Crippen molar-refractivity contribution >= 4 is 0 Å². The van der Waals surface area contributed by atoms with Gasteiger partial charge in [-0.15, -0.1) is 0 Å². The highest BCUT2D eigenvalue weighted by atomic mass is 16.5. The third kappa shape index (κ3) is 2.83. The van der Waals surface area contributed by atoms with Crippen molar-refractivity contribution in [3.8, 4) is 5.75 Å². The first-order valence-corrected chi connectivity index (χ1v) is 8.63. The summed E-state index contributed by atoms with van der Waals surface area (Å²) in [6.07, 6.45) is 10.3. The van der Waals surface area contributed by atoms with Crippen LogP contribution in [0.1, 0.15) is 59.9 Å². The molecule has 1 aliphatic carbocycles. The van der Waals surface area contributed by atoms with E-state index in [-0.39, 0.29) is 0 Å². The van der Waals surface area contributed by atoms with Gasteiger partial charge in [0.15, 0.2) is 0 Å². The molecule has 1 heterocycles. The van der Waals surface area contributed by atoms with Crippen LogP contribution < -0.4 is 10.1 Å². The van der Waals surface area contributed by atoms with Gasteiger partial charge < -0.3 is 10.1 Å². The van der Waals surface area contributed by atoms with Crippen LogP contribution in [0, 0.1) is 13.8 Å². The van der Waals surface area contributed by atoms with Crippen molar-refractivity contribution in [2.45, 2.75) is 71.3 Å². The second kappa shape index (κ2) is 6.39. The maximum atomic E-state index is 5.84. The van der Waals surface area contributed by atoms with Crippen molar-refractivity contribution in [3.05, 3.63) is 27.8 Å². The Labute approximate surface area is 129 Å². The van der Waals surface area contributed by atoms with Crippen LogP contribution in [0.25, 0.3) is 0 Å². The average Bonchev–Trinajstić information content (AvgIpc) is 2.54. The molecule has 21 heavy (non-hydrogen) atoms. The van der Waals surface area contributed by atoms with Gasteiger partial charge in [0.25, 0.3) is 0 Å². The fourth-order valence-corrected chi connectivity index (χ4v) is 4.32. The molecule has 1 aromatic carbocycles. The number of nitrogens with one attached hydrogen (secondary N) is 1. The SMILES string of the molecule is COc1c(C)c2c(c(C)c1CC1CCCCN1)CCCC2. The van der Waals surface area contributed by atoms with Gasteiger partial charge in [0, 0.05) is 6.04 Å². The predicted octanol–water partition coefficient (Wildman–Crippen LogP) is 3.88. The van der Waals surface area contributed by atoms with E-state index >= 15 is 0 Å². The molecule has 116 valence electrons. The molecular formula is C19H29NO. The van der Waals surface area contributed by atoms with Gasteiger partial charge in [0.1, 0.15) is 5.75 Å². The van der Waals surface area contributed by atoms with E-state index in [1.54, 1.807) is 11.1 Å². The van der Waals surface area contributed by atoms with E-state index in [2.05, 4.69) is 19.2 Å². The Morgan fingerprint density at radius 1 is 1.00 bits per heavy atom. The van der Waals surface area contributed by atoms with E-state index in [0.717, 1.165) is 6.42 Å².